The summed E-state index contributed by atoms with van der Waals surface area (Å²) in [6.45, 7) is 8.67. The second-order valence-corrected chi connectivity index (χ2v) is 8.09. The molecule has 0 aromatic heterocycles. The van der Waals surface area contributed by atoms with Gasteiger partial charge in [-0.1, -0.05) is 78.4 Å². The Labute approximate surface area is 169 Å². The fourth-order valence-corrected chi connectivity index (χ4v) is 4.17. The number of aryl methyl sites for hydroxylation is 2. The summed E-state index contributed by atoms with van der Waals surface area (Å²) in [6, 6.07) is 27.2. The molecule has 0 aliphatic carbocycles. The summed E-state index contributed by atoms with van der Waals surface area (Å²) in [5.74, 6) is 0. The van der Waals surface area contributed by atoms with Gasteiger partial charge in [0.2, 0.25) is 0 Å². The molecule has 1 heterocycles. The van der Waals surface area contributed by atoms with E-state index >= 15 is 0 Å². The van der Waals surface area contributed by atoms with Crippen molar-refractivity contribution >= 4 is 0 Å². The zero-order valence-corrected chi connectivity index (χ0v) is 17.0. The molecule has 0 spiro atoms. The van der Waals surface area contributed by atoms with E-state index in [0.717, 1.165) is 32.6 Å². The van der Waals surface area contributed by atoms with Crippen molar-refractivity contribution in [3.8, 4) is 11.1 Å². The molecule has 1 unspecified atom stereocenters. The van der Waals surface area contributed by atoms with E-state index in [-0.39, 0.29) is 0 Å². The first-order valence-electron chi connectivity index (χ1n) is 10.3. The molecule has 2 nitrogen and oxygen atoms in total. The first-order chi connectivity index (χ1) is 13.7. The van der Waals surface area contributed by atoms with Gasteiger partial charge in [0.25, 0.3) is 0 Å². The minimum Gasteiger partial charge on any atom is -0.311 e. The van der Waals surface area contributed by atoms with E-state index in [0.29, 0.717) is 6.04 Å². The highest BCUT2D eigenvalue weighted by Crippen LogP contribution is 2.25. The van der Waals surface area contributed by atoms with Gasteiger partial charge < -0.3 is 5.32 Å². The van der Waals surface area contributed by atoms with Gasteiger partial charge >= 0.3 is 0 Å². The Hall–Kier alpha value is -2.42. The van der Waals surface area contributed by atoms with E-state index < -0.39 is 0 Å². The molecule has 1 atom stereocenters. The van der Waals surface area contributed by atoms with Crippen LogP contribution < -0.4 is 5.32 Å². The molecule has 144 valence electrons. The van der Waals surface area contributed by atoms with Crippen molar-refractivity contribution < 1.29 is 0 Å². The Kier molecular flexibility index (Phi) is 5.90. The quantitative estimate of drug-likeness (QED) is 0.681. The van der Waals surface area contributed by atoms with Crippen LogP contribution in [-0.4, -0.2) is 30.6 Å². The van der Waals surface area contributed by atoms with E-state index in [1.165, 1.54) is 33.4 Å². The van der Waals surface area contributed by atoms with Crippen LogP contribution in [0.4, 0.5) is 0 Å². The third-order valence-electron chi connectivity index (χ3n) is 5.73. The molecule has 1 aliphatic rings. The Morgan fingerprint density at radius 2 is 1.68 bits per heavy atom. The lowest BCUT2D eigenvalue weighted by Crippen LogP contribution is -2.51. The molecule has 3 aromatic carbocycles. The summed E-state index contributed by atoms with van der Waals surface area (Å²) in [5, 5.41) is 3.68. The zero-order chi connectivity index (χ0) is 19.3. The van der Waals surface area contributed by atoms with E-state index in [2.05, 4.69) is 96.9 Å². The van der Waals surface area contributed by atoms with Gasteiger partial charge in [-0.3, -0.25) is 4.90 Å². The Balaban J connectivity index is 1.39. The molecule has 1 fully saturated rings. The van der Waals surface area contributed by atoms with Gasteiger partial charge in [0, 0.05) is 32.2 Å². The maximum absolute atomic E-state index is 3.68. The predicted molar refractivity (Wildman–Crippen MR) is 119 cm³/mol. The average Bonchev–Trinajstić information content (AvgIpc) is 2.72. The third-order valence-corrected chi connectivity index (χ3v) is 5.73. The van der Waals surface area contributed by atoms with Crippen LogP contribution in [0.1, 0.15) is 22.3 Å². The number of hydrogen-bond donors (Lipinski definition) is 1. The average molecular weight is 371 g/mol. The number of piperazine rings is 1. The molecular weight excluding hydrogens is 340 g/mol. The number of hydrogen-bond acceptors (Lipinski definition) is 2. The maximum atomic E-state index is 3.68. The first-order valence-corrected chi connectivity index (χ1v) is 10.3. The smallest absolute Gasteiger partial charge is 0.0236 e. The molecule has 3 aromatic rings. The molecule has 0 amide bonds. The summed E-state index contributed by atoms with van der Waals surface area (Å²) in [7, 11) is 0. The molecule has 4 rings (SSSR count). The summed E-state index contributed by atoms with van der Waals surface area (Å²) >= 11 is 0. The van der Waals surface area contributed by atoms with E-state index in [4.69, 9.17) is 0 Å². The Morgan fingerprint density at radius 1 is 0.893 bits per heavy atom. The number of nitrogens with zero attached hydrogens (tertiary/aromatic N) is 1. The van der Waals surface area contributed by atoms with Crippen LogP contribution in [0.3, 0.4) is 0 Å². The van der Waals surface area contributed by atoms with Crippen molar-refractivity contribution in [2.45, 2.75) is 32.9 Å². The number of rotatable bonds is 5. The molecule has 28 heavy (non-hydrogen) atoms. The summed E-state index contributed by atoms with van der Waals surface area (Å²) in [4.78, 5) is 2.58. The molecule has 1 saturated heterocycles. The Morgan fingerprint density at radius 3 is 2.46 bits per heavy atom. The minimum atomic E-state index is 0.533. The Bertz CT molecular complexity index is 899. The molecular formula is C26H30N2. The third kappa shape index (κ3) is 4.70. The molecule has 0 radical (unpaired) electrons. The van der Waals surface area contributed by atoms with Gasteiger partial charge in [0.05, 0.1) is 0 Å². The van der Waals surface area contributed by atoms with Crippen LogP contribution in [0.5, 0.6) is 0 Å². The molecule has 0 saturated carbocycles. The fourth-order valence-electron chi connectivity index (χ4n) is 4.17. The minimum absolute atomic E-state index is 0.533. The largest absolute Gasteiger partial charge is 0.311 e. The highest BCUT2D eigenvalue weighted by atomic mass is 15.2. The maximum Gasteiger partial charge on any atom is 0.0236 e. The summed E-state index contributed by atoms with van der Waals surface area (Å²) in [6.07, 6.45) is 1.10. The lowest BCUT2D eigenvalue weighted by Gasteiger charge is -2.34. The van der Waals surface area contributed by atoms with Crippen LogP contribution in [0, 0.1) is 13.8 Å². The van der Waals surface area contributed by atoms with Crippen molar-refractivity contribution in [1.29, 1.82) is 0 Å². The van der Waals surface area contributed by atoms with E-state index in [1.54, 1.807) is 0 Å². The van der Waals surface area contributed by atoms with Gasteiger partial charge in [0.1, 0.15) is 0 Å². The van der Waals surface area contributed by atoms with E-state index in [9.17, 15) is 0 Å². The van der Waals surface area contributed by atoms with Crippen LogP contribution >= 0.6 is 0 Å². The van der Waals surface area contributed by atoms with Crippen LogP contribution in [0.15, 0.2) is 72.8 Å². The van der Waals surface area contributed by atoms with Crippen molar-refractivity contribution in [2.24, 2.45) is 0 Å². The number of benzene rings is 3. The first kappa shape index (κ1) is 18.9. The number of nitrogens with one attached hydrogen (secondary N) is 1. The van der Waals surface area contributed by atoms with Gasteiger partial charge in [-0.2, -0.15) is 0 Å². The second kappa shape index (κ2) is 8.72. The lowest BCUT2D eigenvalue weighted by atomic mass is 9.97. The van der Waals surface area contributed by atoms with Crippen LogP contribution in [0.25, 0.3) is 11.1 Å². The van der Waals surface area contributed by atoms with E-state index in [1.807, 2.05) is 0 Å². The highest BCUT2D eigenvalue weighted by molar-refractivity contribution is 5.68. The van der Waals surface area contributed by atoms with Crippen molar-refractivity contribution in [3.63, 3.8) is 0 Å². The predicted octanol–water partition coefficient (Wildman–Crippen LogP) is 4.99. The van der Waals surface area contributed by atoms with Gasteiger partial charge in [-0.05, 0) is 48.1 Å². The lowest BCUT2D eigenvalue weighted by molar-refractivity contribution is 0.192. The topological polar surface area (TPSA) is 15.3 Å². The fraction of sp³-hybridized carbons (Fsp3) is 0.308. The SMILES string of the molecule is Cc1ccc(C)c(-c2ccc(CN3CCNC(Cc4ccccc4)C3)cc2)c1. The zero-order valence-electron chi connectivity index (χ0n) is 17.0. The van der Waals surface area contributed by atoms with Crippen molar-refractivity contribution in [2.75, 3.05) is 19.6 Å². The molecule has 2 heteroatoms. The monoisotopic (exact) mass is 370 g/mol. The summed E-state index contributed by atoms with van der Waals surface area (Å²) in [5.41, 5.74) is 8.12. The standard InChI is InChI=1S/C26H30N2/c1-20-8-9-21(2)26(16-20)24-12-10-23(11-13-24)18-28-15-14-27-25(19-28)17-22-6-4-3-5-7-22/h3-13,16,25,27H,14-15,17-19H2,1-2H3. The second-order valence-electron chi connectivity index (χ2n) is 8.09. The summed E-state index contributed by atoms with van der Waals surface area (Å²) < 4.78 is 0. The van der Waals surface area contributed by atoms with Crippen LogP contribution in [-0.2, 0) is 13.0 Å². The molecule has 0 bridgehead atoms. The molecule has 1 N–H and O–H groups in total. The molecule has 1 aliphatic heterocycles. The normalized spacial score (nSPS) is 17.6. The van der Waals surface area contributed by atoms with Gasteiger partial charge in [-0.15, -0.1) is 0 Å². The van der Waals surface area contributed by atoms with Gasteiger partial charge in [0.15, 0.2) is 0 Å². The van der Waals surface area contributed by atoms with Crippen LogP contribution in [0.2, 0.25) is 0 Å². The highest BCUT2D eigenvalue weighted by Gasteiger charge is 2.19. The van der Waals surface area contributed by atoms with Crippen molar-refractivity contribution in [1.82, 2.24) is 10.2 Å². The van der Waals surface area contributed by atoms with Gasteiger partial charge in [-0.25, -0.2) is 0 Å². The van der Waals surface area contributed by atoms with Crippen molar-refractivity contribution in [3.05, 3.63) is 95.1 Å².